The predicted octanol–water partition coefficient (Wildman–Crippen LogP) is 5.48. The molecule has 1 aromatic carbocycles. The highest BCUT2D eigenvalue weighted by Gasteiger charge is 2.38. The van der Waals surface area contributed by atoms with Crippen LogP contribution in [0, 0.1) is 5.82 Å². The third-order valence-electron chi connectivity index (χ3n) is 5.63. The van der Waals surface area contributed by atoms with E-state index in [9.17, 15) is 9.18 Å². The van der Waals surface area contributed by atoms with Crippen LogP contribution in [-0.4, -0.2) is 21.5 Å². The summed E-state index contributed by atoms with van der Waals surface area (Å²) in [4.78, 5) is 21.5. The Kier molecular flexibility index (Phi) is 4.51. The van der Waals surface area contributed by atoms with Gasteiger partial charge < -0.3 is 10.1 Å². The Morgan fingerprint density at radius 3 is 2.53 bits per heavy atom. The molecule has 5 nitrogen and oxygen atoms in total. The number of anilines is 1. The van der Waals surface area contributed by atoms with Crippen molar-refractivity contribution in [2.45, 2.75) is 19.4 Å². The number of fused-ring (bicyclic) bond motifs is 1. The van der Waals surface area contributed by atoms with Gasteiger partial charge in [0, 0.05) is 34.7 Å². The van der Waals surface area contributed by atoms with Gasteiger partial charge in [-0.25, -0.2) is 4.39 Å². The van der Waals surface area contributed by atoms with E-state index in [0.717, 1.165) is 28.1 Å². The molecule has 0 saturated carbocycles. The van der Waals surface area contributed by atoms with Crippen LogP contribution in [0.2, 0.25) is 0 Å². The second kappa shape index (κ2) is 7.27. The molecule has 0 atom stereocenters. The number of hydrogen-bond donors (Lipinski definition) is 1. The molecule has 1 N–H and O–H groups in total. The van der Waals surface area contributed by atoms with E-state index in [4.69, 9.17) is 4.74 Å². The second-order valence-corrected chi connectivity index (χ2v) is 8.16. The summed E-state index contributed by atoms with van der Waals surface area (Å²) < 4.78 is 19.8. The summed E-state index contributed by atoms with van der Waals surface area (Å²) in [6.45, 7) is 7.60. The Bertz CT molecular complexity index is 1320. The summed E-state index contributed by atoms with van der Waals surface area (Å²) in [5.41, 5.74) is 5.13. The van der Waals surface area contributed by atoms with Crippen molar-refractivity contribution in [3.63, 3.8) is 0 Å². The minimum atomic E-state index is -0.665. The fraction of sp³-hybridized carbons (Fsp3) is 0.115. The van der Waals surface area contributed by atoms with Gasteiger partial charge in [-0.2, -0.15) is 0 Å². The predicted molar refractivity (Wildman–Crippen MR) is 123 cm³/mol. The van der Waals surface area contributed by atoms with E-state index in [1.807, 2.05) is 44.2 Å². The molecule has 5 rings (SSSR count). The van der Waals surface area contributed by atoms with Crippen molar-refractivity contribution in [2.24, 2.45) is 0 Å². The first-order valence-electron chi connectivity index (χ1n) is 10.2. The molecule has 2 aliphatic heterocycles. The highest BCUT2D eigenvalue weighted by Crippen LogP contribution is 2.44. The maximum atomic E-state index is 13.6. The Morgan fingerprint density at radius 1 is 1.06 bits per heavy atom. The van der Waals surface area contributed by atoms with E-state index in [2.05, 4.69) is 21.9 Å². The maximum absolute atomic E-state index is 13.6. The van der Waals surface area contributed by atoms with Crippen molar-refractivity contribution >= 4 is 28.8 Å². The van der Waals surface area contributed by atoms with E-state index in [1.165, 1.54) is 12.1 Å². The van der Waals surface area contributed by atoms with Crippen molar-refractivity contribution in [2.75, 3.05) is 5.32 Å². The average Bonchev–Trinajstić information content (AvgIpc) is 3.28. The van der Waals surface area contributed by atoms with Crippen molar-refractivity contribution in [3.8, 4) is 11.3 Å². The molecule has 0 fully saturated rings. The number of benzene rings is 1. The van der Waals surface area contributed by atoms with Crippen LogP contribution in [0.3, 0.4) is 0 Å². The van der Waals surface area contributed by atoms with Crippen molar-refractivity contribution in [3.05, 3.63) is 95.9 Å². The van der Waals surface area contributed by atoms with Crippen LogP contribution in [-0.2, 0) is 9.53 Å². The molecular weight excluding hydrogens is 405 g/mol. The Morgan fingerprint density at radius 2 is 1.84 bits per heavy atom. The topological polar surface area (TPSA) is 64.1 Å². The number of carbonyl (C=O) groups is 1. The first kappa shape index (κ1) is 19.9. The van der Waals surface area contributed by atoms with Gasteiger partial charge in [-0.15, -0.1) is 0 Å². The first-order valence-corrected chi connectivity index (χ1v) is 10.2. The Labute approximate surface area is 185 Å². The van der Waals surface area contributed by atoms with Crippen LogP contribution in [0.25, 0.3) is 28.5 Å². The lowest BCUT2D eigenvalue weighted by Gasteiger charge is -2.23. The molecule has 0 unspecified atom stereocenters. The number of allylic oxidation sites excluding steroid dienone is 1. The van der Waals surface area contributed by atoms with E-state index >= 15 is 0 Å². The maximum Gasteiger partial charge on any atom is 0.260 e. The van der Waals surface area contributed by atoms with Crippen LogP contribution in [0.15, 0.2) is 73.3 Å². The van der Waals surface area contributed by atoms with E-state index < -0.39 is 11.4 Å². The molecule has 0 spiro atoms. The fourth-order valence-corrected chi connectivity index (χ4v) is 4.01. The quantitative estimate of drug-likeness (QED) is 0.565. The second-order valence-electron chi connectivity index (χ2n) is 8.16. The number of rotatable bonds is 3. The molecule has 158 valence electrons. The summed E-state index contributed by atoms with van der Waals surface area (Å²) in [7, 11) is 0. The molecule has 2 aromatic heterocycles. The van der Waals surface area contributed by atoms with Gasteiger partial charge in [0.15, 0.2) is 0 Å². The van der Waals surface area contributed by atoms with Gasteiger partial charge in [0.1, 0.15) is 17.2 Å². The van der Waals surface area contributed by atoms with Crippen LogP contribution < -0.4 is 5.32 Å². The Hall–Kier alpha value is -4.06. The molecule has 4 heterocycles. The molecule has 0 aliphatic carbocycles. The monoisotopic (exact) mass is 425 g/mol. The molecule has 3 aromatic rings. The fourth-order valence-electron chi connectivity index (χ4n) is 4.01. The smallest absolute Gasteiger partial charge is 0.260 e. The number of amides is 1. The lowest BCUT2D eigenvalue weighted by atomic mass is 9.93. The lowest BCUT2D eigenvalue weighted by molar-refractivity contribution is -0.111. The van der Waals surface area contributed by atoms with Gasteiger partial charge in [-0.05, 0) is 62.4 Å². The number of nitrogens with one attached hydrogen (secondary N) is 1. The van der Waals surface area contributed by atoms with E-state index in [0.29, 0.717) is 22.6 Å². The van der Waals surface area contributed by atoms with Crippen molar-refractivity contribution in [1.29, 1.82) is 0 Å². The van der Waals surface area contributed by atoms with Gasteiger partial charge in [0.25, 0.3) is 5.91 Å². The van der Waals surface area contributed by atoms with Gasteiger partial charge in [-0.1, -0.05) is 12.6 Å². The normalized spacial score (nSPS) is 18.6. The highest BCUT2D eigenvalue weighted by atomic mass is 19.1. The first-order chi connectivity index (χ1) is 15.4. The Balaban J connectivity index is 1.52. The number of pyridine rings is 2. The van der Waals surface area contributed by atoms with Gasteiger partial charge >= 0.3 is 0 Å². The number of nitrogens with zero attached hydrogens (tertiary/aromatic N) is 2. The van der Waals surface area contributed by atoms with Gasteiger partial charge in [-0.3, -0.25) is 14.8 Å². The number of carbonyl (C=O) groups excluding carboxylic acids is 1. The van der Waals surface area contributed by atoms with Crippen molar-refractivity contribution in [1.82, 2.24) is 9.97 Å². The highest BCUT2D eigenvalue weighted by molar-refractivity contribution is 6.32. The molecule has 0 saturated heterocycles. The zero-order chi connectivity index (χ0) is 22.5. The number of halogens is 1. The van der Waals surface area contributed by atoms with Crippen LogP contribution in [0.5, 0.6) is 0 Å². The minimum absolute atomic E-state index is 0.308. The SMILES string of the molecule is C=Cc1ccc(-c2ccc(C3=C/C(=C4\C(=O)Nc5cc(F)ccc54)OC3(C)C)cn2)cn1. The van der Waals surface area contributed by atoms with Crippen LogP contribution in [0.4, 0.5) is 10.1 Å². The average molecular weight is 425 g/mol. The van der Waals surface area contributed by atoms with Gasteiger partial charge in [0.2, 0.25) is 0 Å². The van der Waals surface area contributed by atoms with E-state index in [1.54, 1.807) is 24.5 Å². The lowest BCUT2D eigenvalue weighted by Crippen LogP contribution is -2.21. The van der Waals surface area contributed by atoms with E-state index in [-0.39, 0.29) is 5.91 Å². The number of hydrogen-bond acceptors (Lipinski definition) is 4. The molecule has 32 heavy (non-hydrogen) atoms. The summed E-state index contributed by atoms with van der Waals surface area (Å²) >= 11 is 0. The molecule has 0 bridgehead atoms. The molecule has 1 amide bonds. The molecule has 2 aliphatic rings. The molecule has 0 radical (unpaired) electrons. The summed E-state index contributed by atoms with van der Waals surface area (Å²) in [6, 6.07) is 12.0. The van der Waals surface area contributed by atoms with Gasteiger partial charge in [0.05, 0.1) is 22.6 Å². The third-order valence-corrected chi connectivity index (χ3v) is 5.63. The number of ether oxygens (including phenoxy) is 1. The van der Waals surface area contributed by atoms with Crippen LogP contribution >= 0.6 is 0 Å². The standard InChI is InChI=1S/C26H20FN3O2/c1-4-18-8-5-16(14-28-18)21-10-6-15(13-29-21)20-12-23(32-26(20,2)3)24-19-9-7-17(27)11-22(19)30-25(24)31/h4-14H,1H2,2-3H3,(H,30,31)/b24-23+. The summed E-state index contributed by atoms with van der Waals surface area (Å²) in [5, 5.41) is 2.71. The minimum Gasteiger partial charge on any atom is -0.482 e. The zero-order valence-corrected chi connectivity index (χ0v) is 17.6. The third kappa shape index (κ3) is 3.30. The molecule has 6 heteroatoms. The summed E-state index contributed by atoms with van der Waals surface area (Å²) in [6.07, 6.45) is 7.12. The number of aromatic nitrogens is 2. The van der Waals surface area contributed by atoms with Crippen molar-refractivity contribution < 1.29 is 13.9 Å². The largest absolute Gasteiger partial charge is 0.482 e. The molecular formula is C26H20FN3O2. The summed E-state index contributed by atoms with van der Waals surface area (Å²) in [5.74, 6) is -0.251. The zero-order valence-electron chi connectivity index (χ0n) is 17.6. The van der Waals surface area contributed by atoms with Crippen LogP contribution in [0.1, 0.15) is 30.7 Å².